The number of methoxy groups -OCH3 is 4. The number of aromatic nitrogens is 4. The van der Waals surface area contributed by atoms with Crippen LogP contribution >= 0.6 is 0 Å². The first-order chi connectivity index (χ1) is 70.7. The number of hydrogen-bond donors (Lipinski definition) is 4. The number of carboxylic acid groups (broad SMARTS) is 4. The average molecular weight is 1990 g/mol. The molecule has 12 aromatic carbocycles. The maximum absolute atomic E-state index is 15.5. The Hall–Kier alpha value is -16.9. The summed E-state index contributed by atoms with van der Waals surface area (Å²) in [4.78, 5) is 121. The fourth-order valence-corrected chi connectivity index (χ4v) is 20.4. The van der Waals surface area contributed by atoms with E-state index >= 15 is 17.6 Å². The smallest absolute Gasteiger partial charge is 0.341 e. The van der Waals surface area contributed by atoms with Crippen LogP contribution in [0.5, 0.6) is 23.0 Å². The summed E-state index contributed by atoms with van der Waals surface area (Å²) in [5, 5.41) is 38.5. The minimum absolute atomic E-state index is 0.0125. The van der Waals surface area contributed by atoms with Crippen molar-refractivity contribution in [2.24, 2.45) is 23.7 Å². The van der Waals surface area contributed by atoms with Gasteiger partial charge in [-0.25, -0.2) is 36.7 Å². The van der Waals surface area contributed by atoms with Crippen LogP contribution in [0.3, 0.4) is 0 Å². The second kappa shape index (κ2) is 43.4. The molecule has 0 radical (unpaired) electrons. The first-order valence-corrected chi connectivity index (χ1v) is 48.6. The molecule has 16 aromatic rings. The van der Waals surface area contributed by atoms with Crippen LogP contribution in [0.2, 0.25) is 0 Å². The van der Waals surface area contributed by atoms with Gasteiger partial charge in [-0.05, 0) is 161 Å². The number of carbonyl (C=O) groups excluding carboxylic acids is 1. The molecule has 4 aromatic heterocycles. The van der Waals surface area contributed by atoms with Crippen LogP contribution in [0, 0.1) is 53.9 Å². The molecule has 29 heteroatoms. The third-order valence-corrected chi connectivity index (χ3v) is 28.0. The van der Waals surface area contributed by atoms with E-state index in [1.165, 1.54) is 52.6 Å². The number of pyridine rings is 4. The van der Waals surface area contributed by atoms with Crippen molar-refractivity contribution in [1.29, 1.82) is 0 Å². The SMILES string of the molecule is COc1c(N2CCC(C)C2)c(F)cc2c(=O)c(C(=O)O)cn(C(=O)c3ccc(-c4ccccc4)cc3)c12.COc1c(N2CCC(C)C2)c(F)cc2c(=O)c(C(=O)O)cn(C(C)c3ccc(-c4ccccc4)cc3)c12.COc1c(N2CCC(C)C2)c(F)cc2c(=O)c(C(=O)O)cn(Cc3ccc(-c4ccc(C)cc4)cc3)c12.COc1c(N2CCC(C)C2)c(F)cc2c(=O)c(C(=O)O)cn(Cc3ccc(-c4ccccc4)cc3)c12. The predicted octanol–water partition coefficient (Wildman–Crippen LogP) is 22.1. The second-order valence-corrected chi connectivity index (χ2v) is 38.2. The van der Waals surface area contributed by atoms with Gasteiger partial charge in [0.2, 0.25) is 21.7 Å². The van der Waals surface area contributed by atoms with E-state index in [9.17, 15) is 63.6 Å². The van der Waals surface area contributed by atoms with Crippen LogP contribution in [0.1, 0.15) is 140 Å². The van der Waals surface area contributed by atoms with Crippen LogP contribution in [0.15, 0.2) is 281 Å². The van der Waals surface area contributed by atoms with Crippen LogP contribution in [-0.4, -0.2) is 149 Å². The average Bonchev–Trinajstić information content (AvgIpc) is 1.23. The second-order valence-electron chi connectivity index (χ2n) is 38.2. The van der Waals surface area contributed by atoms with E-state index in [0.717, 1.165) is 122 Å². The van der Waals surface area contributed by atoms with E-state index in [1.807, 2.05) is 197 Å². The molecule has 8 heterocycles. The zero-order chi connectivity index (χ0) is 104. The summed E-state index contributed by atoms with van der Waals surface area (Å²) in [5.41, 5.74) is 9.82. The lowest BCUT2D eigenvalue weighted by molar-refractivity contribution is 0.0683. The fraction of sp³-hybridized carbons (Fsp3) is 0.246. The molecular formula is C118H110F4N8O17. The molecule has 0 spiro atoms. The van der Waals surface area contributed by atoms with Crippen LogP contribution in [0.4, 0.5) is 40.3 Å². The number of anilines is 4. The van der Waals surface area contributed by atoms with Gasteiger partial charge in [0.05, 0.1) is 72.6 Å². The van der Waals surface area contributed by atoms with Gasteiger partial charge >= 0.3 is 23.9 Å². The number of aromatic carboxylic acids is 4. The lowest BCUT2D eigenvalue weighted by atomic mass is 10.00. The Morgan fingerprint density at radius 2 is 0.605 bits per heavy atom. The Morgan fingerprint density at radius 1 is 0.340 bits per heavy atom. The van der Waals surface area contributed by atoms with Gasteiger partial charge in [0.25, 0.3) is 5.91 Å². The maximum Gasteiger partial charge on any atom is 0.341 e. The molecule has 5 unspecified atom stereocenters. The summed E-state index contributed by atoms with van der Waals surface area (Å²) >= 11 is 0. The van der Waals surface area contributed by atoms with Crippen LogP contribution in [-0.2, 0) is 13.1 Å². The van der Waals surface area contributed by atoms with Crippen molar-refractivity contribution in [2.75, 3.05) is 100 Å². The number of carbonyl (C=O) groups is 5. The summed E-state index contributed by atoms with van der Waals surface area (Å²) in [5.74, 6) is -6.33. The van der Waals surface area contributed by atoms with E-state index in [-0.39, 0.29) is 80.4 Å². The van der Waals surface area contributed by atoms with Crippen molar-refractivity contribution in [2.45, 2.75) is 86.4 Å². The molecule has 752 valence electrons. The lowest BCUT2D eigenvalue weighted by Crippen LogP contribution is -2.26. The number of hydrogen-bond acceptors (Lipinski definition) is 17. The molecule has 147 heavy (non-hydrogen) atoms. The molecule has 0 bridgehead atoms. The van der Waals surface area contributed by atoms with Gasteiger partial charge < -0.3 is 72.7 Å². The largest absolute Gasteiger partial charge is 0.492 e. The van der Waals surface area contributed by atoms with Gasteiger partial charge in [0.15, 0.2) is 46.3 Å². The van der Waals surface area contributed by atoms with Crippen molar-refractivity contribution in [3.8, 4) is 67.5 Å². The molecule has 0 aliphatic carbocycles. The van der Waals surface area contributed by atoms with Crippen molar-refractivity contribution in [3.63, 3.8) is 0 Å². The Kier molecular flexibility index (Phi) is 30.0. The monoisotopic (exact) mass is 1990 g/mol. The van der Waals surface area contributed by atoms with Gasteiger partial charge in [-0.3, -0.25) is 28.5 Å². The van der Waals surface area contributed by atoms with Crippen molar-refractivity contribution in [3.05, 3.63) is 376 Å². The quantitative estimate of drug-likeness (QED) is 0.0432. The minimum Gasteiger partial charge on any atom is -0.492 e. The molecule has 4 aliphatic heterocycles. The summed E-state index contributed by atoms with van der Waals surface area (Å²) in [6.45, 7) is 18.2. The number of nitrogens with zero attached hydrogens (tertiary/aromatic N) is 8. The van der Waals surface area contributed by atoms with E-state index < -0.39 is 97.0 Å². The van der Waals surface area contributed by atoms with Gasteiger partial charge in [-0.1, -0.05) is 233 Å². The molecule has 4 N–H and O–H groups in total. The van der Waals surface area contributed by atoms with E-state index in [1.54, 1.807) is 38.0 Å². The van der Waals surface area contributed by atoms with E-state index in [4.69, 9.17) is 18.9 Å². The first-order valence-electron chi connectivity index (χ1n) is 48.6. The number of halogens is 4. The van der Waals surface area contributed by atoms with Crippen LogP contribution in [0.25, 0.3) is 88.1 Å². The Bertz CT molecular complexity index is 8030. The van der Waals surface area contributed by atoms with Gasteiger partial charge in [0.1, 0.15) is 50.5 Å². The lowest BCUT2D eigenvalue weighted by Gasteiger charge is -2.26. The Labute approximate surface area is 844 Å². The molecular weight excluding hydrogens is 1880 g/mol. The highest BCUT2D eigenvalue weighted by molar-refractivity contribution is 6.07. The van der Waals surface area contributed by atoms with Crippen LogP contribution < -0.4 is 60.3 Å². The molecule has 0 amide bonds. The normalized spacial score (nSPS) is 15.6. The molecule has 5 atom stereocenters. The van der Waals surface area contributed by atoms with Gasteiger partial charge in [-0.2, -0.15) is 0 Å². The number of aryl methyl sites for hydroxylation is 1. The fourth-order valence-electron chi connectivity index (χ4n) is 20.4. The number of fused-ring (bicyclic) bond motifs is 4. The maximum atomic E-state index is 15.5. The highest BCUT2D eigenvalue weighted by atomic mass is 19.1. The molecule has 4 saturated heterocycles. The molecule has 0 saturated carbocycles. The number of carboxylic acids is 4. The minimum atomic E-state index is -1.51. The third-order valence-electron chi connectivity index (χ3n) is 28.0. The highest BCUT2D eigenvalue weighted by Crippen LogP contribution is 2.47. The Morgan fingerprint density at radius 3 is 0.912 bits per heavy atom. The number of benzene rings is 12. The summed E-state index contributed by atoms with van der Waals surface area (Å²) in [6.07, 6.45) is 8.65. The standard InChI is InChI=1S/2C30H29FN2O4.C29H25FN2O5.C29H27FN2O4/c1-18-4-8-21(9-5-18)22-10-6-20(7-11-22)16-33-17-24(30(35)36)28(34)23-14-25(31)27(29(37-3)26(23)33)32-13-12-19(2)15-32;1-18-13-14-32(16-18)27-25(31)15-23-26(29(27)37-3)33(17-24(28(23)34)30(35)36)19(2)20-9-11-22(12-10-20)21-7-5-4-6-8-21;1-17-12-13-31(15-17)25-23(30)14-21-24(27(25)37-2)32(16-22(26(21)33)29(35)36)28(34)20-10-8-19(9-11-20)18-6-4-3-5-7-18;1-18-12-13-31(15-18)26-24(30)14-22-25(28(26)36-2)32(17-23(27(22)33)29(34)35)16-19-8-10-21(11-9-19)20-6-4-3-5-7-20/h4-11,14,17,19H,12-13,15-16H2,1-3H3,(H,35,36);4-12,15,17-19H,13-14,16H2,1-3H3,(H,35,36);3-11,14,16-17H,12-13,15H2,1-2H3,(H,35,36);3-11,14,17-18H,12-13,15-16H2,1-2H3,(H,34,35). The Balaban J connectivity index is 0.000000134. The molecule has 4 fully saturated rings. The van der Waals surface area contributed by atoms with E-state index in [2.05, 4.69) is 52.0 Å². The van der Waals surface area contributed by atoms with Crippen molar-refractivity contribution >= 4 is 96.1 Å². The predicted molar refractivity (Wildman–Crippen MR) is 565 cm³/mol. The van der Waals surface area contributed by atoms with Crippen molar-refractivity contribution in [1.82, 2.24) is 18.3 Å². The van der Waals surface area contributed by atoms with E-state index in [0.29, 0.717) is 110 Å². The zero-order valence-corrected chi connectivity index (χ0v) is 82.8. The summed E-state index contributed by atoms with van der Waals surface area (Å²) in [7, 11) is 5.70. The zero-order valence-electron chi connectivity index (χ0n) is 82.8. The third kappa shape index (κ3) is 20.8. The highest BCUT2D eigenvalue weighted by Gasteiger charge is 2.37. The topological polar surface area (TPSA) is 304 Å². The number of rotatable bonds is 23. The molecule has 20 rings (SSSR count). The van der Waals surface area contributed by atoms with Crippen molar-refractivity contribution < 1.29 is 80.9 Å². The molecule has 25 nitrogen and oxygen atoms in total. The summed E-state index contributed by atoms with van der Waals surface area (Å²) in [6, 6.07) is 72.7. The molecule has 4 aliphatic rings. The van der Waals surface area contributed by atoms with Gasteiger partial charge in [0, 0.05) is 95.8 Å². The summed E-state index contributed by atoms with van der Waals surface area (Å²) < 4.78 is 90.7. The number of ether oxygens (including phenoxy) is 4. The van der Waals surface area contributed by atoms with Gasteiger partial charge in [-0.15, -0.1) is 0 Å². The first kappa shape index (κ1) is 102.